The van der Waals surface area contributed by atoms with Gasteiger partial charge in [-0.2, -0.15) is 0 Å². The fourth-order valence-corrected chi connectivity index (χ4v) is 7.65. The molecule has 354 valence electrons. The first-order valence-electron chi connectivity index (χ1n) is 20.3. The molecule has 4 aromatic carbocycles. The Labute approximate surface area is 408 Å². The van der Waals surface area contributed by atoms with Crippen LogP contribution in [0.5, 0.6) is 23.0 Å². The Bertz CT molecular complexity index is 2790. The zero-order valence-corrected chi connectivity index (χ0v) is 41.3. The third kappa shape index (κ3) is 11.9. The predicted molar refractivity (Wildman–Crippen MR) is 256 cm³/mol. The summed E-state index contributed by atoms with van der Waals surface area (Å²) in [6.45, 7) is 0. The maximum absolute atomic E-state index is 13.1. The molecule has 0 saturated carbocycles. The Morgan fingerprint density at radius 1 is 0.603 bits per heavy atom. The third-order valence-electron chi connectivity index (χ3n) is 10.1. The first-order valence-corrected chi connectivity index (χ1v) is 21.9. The van der Waals surface area contributed by atoms with E-state index in [1.54, 1.807) is 93.1 Å². The second-order valence-electron chi connectivity index (χ2n) is 14.0. The van der Waals surface area contributed by atoms with Crippen LogP contribution in [-0.2, 0) is 19.1 Å². The molecule has 0 aliphatic heterocycles. The minimum Gasteiger partial charge on any atom is -0.495 e. The fraction of sp³-hybridized carbons (Fsp3) is 0.208. The second kappa shape index (κ2) is 24.1. The summed E-state index contributed by atoms with van der Waals surface area (Å²) in [5, 5.41) is 16.5. The zero-order valence-electron chi connectivity index (χ0n) is 38.2. The molecule has 2 atom stereocenters. The number of rotatable bonds is 16. The van der Waals surface area contributed by atoms with E-state index in [0.29, 0.717) is 44.4 Å². The Hall–Kier alpha value is -7.10. The molecule has 20 heteroatoms. The standard InChI is InChI=1S/C23H20BrN3O5.C13H16N4O3.C12H11BrO3/c1-29-19-12-15(13-20(30-2)21(19)24)17-8-9-18(32-17)22(28)23(31-3)14-4-6-16(7-5-14)27-11-10-25-26-27;1-16(20-3)13(18)12(19-2)10-4-6-11(7-5-10)17-9-8-14-15-17;1-14-10-6-8(9-4-3-5-16-9)7-11(15-2)12(10)13/h4-13,23H,1-3H3;4-9,12H,1-3H3;3-7H,1-2H3. The maximum atomic E-state index is 13.1. The Morgan fingerprint density at radius 2 is 1.06 bits per heavy atom. The van der Waals surface area contributed by atoms with E-state index in [1.165, 1.54) is 28.4 Å². The number of methoxy groups -OCH3 is 6. The number of ether oxygens (including phenoxy) is 6. The minimum absolute atomic E-state index is 0.188. The van der Waals surface area contributed by atoms with Crippen molar-refractivity contribution in [2.45, 2.75) is 12.2 Å². The van der Waals surface area contributed by atoms with E-state index in [9.17, 15) is 9.59 Å². The molecule has 4 heterocycles. The Morgan fingerprint density at radius 3 is 1.44 bits per heavy atom. The quantitative estimate of drug-likeness (QED) is 0.0656. The maximum Gasteiger partial charge on any atom is 0.279 e. The topological polar surface area (TPSA) is 190 Å². The van der Waals surface area contributed by atoms with Crippen molar-refractivity contribution in [3.8, 4) is 57.0 Å². The number of hydrogen-bond donors (Lipinski definition) is 0. The summed E-state index contributed by atoms with van der Waals surface area (Å²) in [5.74, 6) is 3.52. The van der Waals surface area contributed by atoms with Gasteiger partial charge in [0.2, 0.25) is 5.78 Å². The molecule has 0 radical (unpaired) electrons. The molecule has 0 saturated heterocycles. The fourth-order valence-electron chi connectivity index (χ4n) is 6.55. The van der Waals surface area contributed by atoms with E-state index in [2.05, 4.69) is 52.5 Å². The largest absolute Gasteiger partial charge is 0.495 e. The first-order chi connectivity index (χ1) is 33.0. The normalized spacial score (nSPS) is 11.6. The monoisotopic (exact) mass is 1060 g/mol. The second-order valence-corrected chi connectivity index (χ2v) is 15.6. The van der Waals surface area contributed by atoms with Crippen LogP contribution in [0.2, 0.25) is 0 Å². The average Bonchev–Trinajstić information content (AvgIpc) is 4.25. The smallest absolute Gasteiger partial charge is 0.279 e. The number of furan rings is 2. The van der Waals surface area contributed by atoms with Gasteiger partial charge < -0.3 is 37.3 Å². The lowest BCUT2D eigenvalue weighted by Crippen LogP contribution is -2.31. The molecule has 2 unspecified atom stereocenters. The van der Waals surface area contributed by atoms with Crippen molar-refractivity contribution in [1.82, 2.24) is 35.1 Å². The lowest BCUT2D eigenvalue weighted by atomic mass is 10.0. The number of hydroxylamine groups is 2. The number of amides is 1. The lowest BCUT2D eigenvalue weighted by Gasteiger charge is -2.21. The molecular formula is C48H47Br2N7O11. The lowest BCUT2D eigenvalue weighted by molar-refractivity contribution is -0.179. The summed E-state index contributed by atoms with van der Waals surface area (Å²) in [4.78, 5) is 30.1. The number of Topliss-reactive ketones (excluding diaryl/α,β-unsaturated/α-hetero) is 1. The van der Waals surface area contributed by atoms with Crippen LogP contribution in [0.4, 0.5) is 0 Å². The molecule has 18 nitrogen and oxygen atoms in total. The number of halogens is 2. The number of hydrogen-bond acceptors (Lipinski definition) is 15. The number of benzene rings is 4. The van der Waals surface area contributed by atoms with E-state index in [4.69, 9.17) is 42.1 Å². The number of aromatic nitrogens is 6. The van der Waals surface area contributed by atoms with Gasteiger partial charge in [0.25, 0.3) is 5.91 Å². The van der Waals surface area contributed by atoms with Crippen molar-refractivity contribution in [3.63, 3.8) is 0 Å². The summed E-state index contributed by atoms with van der Waals surface area (Å²) in [6, 6.07) is 29.1. The summed E-state index contributed by atoms with van der Waals surface area (Å²) < 4.78 is 48.0. The van der Waals surface area contributed by atoms with Crippen molar-refractivity contribution in [3.05, 3.63) is 154 Å². The highest BCUT2D eigenvalue weighted by Gasteiger charge is 2.26. The number of carbonyl (C=O) groups excluding carboxylic acids is 2. The minimum atomic E-state index is -0.812. The molecule has 68 heavy (non-hydrogen) atoms. The highest BCUT2D eigenvalue weighted by Crippen LogP contribution is 2.41. The number of likely N-dealkylation sites (N-methyl/N-ethyl adjacent to an activating group) is 1. The van der Waals surface area contributed by atoms with E-state index < -0.39 is 12.2 Å². The van der Waals surface area contributed by atoms with E-state index in [-0.39, 0.29) is 17.5 Å². The molecule has 0 bridgehead atoms. The van der Waals surface area contributed by atoms with E-state index in [1.807, 2.05) is 72.8 Å². The van der Waals surface area contributed by atoms with Gasteiger partial charge in [-0.3, -0.25) is 14.4 Å². The van der Waals surface area contributed by atoms with Gasteiger partial charge in [-0.25, -0.2) is 14.4 Å². The molecule has 8 aromatic rings. The summed E-state index contributed by atoms with van der Waals surface area (Å²) in [6.07, 6.45) is 6.80. The van der Waals surface area contributed by atoms with Crippen LogP contribution in [-0.4, -0.2) is 104 Å². The summed E-state index contributed by atoms with van der Waals surface area (Å²) in [7, 11) is 12.3. The zero-order chi connectivity index (χ0) is 48.7. The molecule has 0 aliphatic rings. The SMILES string of the molecule is COC(C(=O)N(C)OC)c1ccc(-n2ccnn2)cc1.COc1cc(-c2ccc(C(=O)C(OC)c3ccc(-n4ccnn4)cc3)o2)cc(OC)c1Br.COc1cc(-c2ccco2)cc(OC)c1Br. The highest BCUT2D eigenvalue weighted by atomic mass is 79.9. The van der Waals surface area contributed by atoms with Crippen molar-refractivity contribution < 1.29 is 51.7 Å². The molecule has 0 fully saturated rings. The van der Waals surface area contributed by atoms with Crippen LogP contribution in [0.25, 0.3) is 34.0 Å². The average molecular weight is 1060 g/mol. The van der Waals surface area contributed by atoms with Crippen molar-refractivity contribution in [2.75, 3.05) is 56.8 Å². The third-order valence-corrected chi connectivity index (χ3v) is 11.7. The summed E-state index contributed by atoms with van der Waals surface area (Å²) >= 11 is 6.87. The highest BCUT2D eigenvalue weighted by molar-refractivity contribution is 9.11. The number of nitrogens with zero attached hydrogens (tertiary/aromatic N) is 7. The van der Waals surface area contributed by atoms with Gasteiger partial charge in [0, 0.05) is 32.4 Å². The summed E-state index contributed by atoms with van der Waals surface area (Å²) in [5.41, 5.74) is 4.76. The molecule has 8 rings (SSSR count). The Kier molecular flexibility index (Phi) is 17.8. The van der Waals surface area contributed by atoms with Crippen molar-refractivity contribution >= 4 is 43.6 Å². The van der Waals surface area contributed by atoms with Gasteiger partial charge in [0.1, 0.15) is 49.6 Å². The number of carbonyl (C=O) groups is 2. The van der Waals surface area contributed by atoms with Gasteiger partial charge in [0.05, 0.1) is 78.0 Å². The molecule has 1 amide bonds. The Balaban J connectivity index is 0.000000181. The molecule has 0 aliphatic carbocycles. The molecule has 4 aromatic heterocycles. The van der Waals surface area contributed by atoms with Gasteiger partial charge in [-0.1, -0.05) is 34.7 Å². The predicted octanol–water partition coefficient (Wildman–Crippen LogP) is 9.58. The van der Waals surface area contributed by atoms with E-state index >= 15 is 0 Å². The van der Waals surface area contributed by atoms with Crippen LogP contribution in [0.15, 0.2) is 146 Å². The van der Waals surface area contributed by atoms with Crippen LogP contribution in [0, 0.1) is 0 Å². The van der Waals surface area contributed by atoms with Crippen LogP contribution < -0.4 is 18.9 Å². The van der Waals surface area contributed by atoms with Gasteiger partial charge >= 0.3 is 0 Å². The van der Waals surface area contributed by atoms with Crippen molar-refractivity contribution in [2.24, 2.45) is 0 Å². The van der Waals surface area contributed by atoms with E-state index in [0.717, 1.165) is 37.8 Å². The molecule has 0 spiro atoms. The molecule has 0 N–H and O–H groups in total. The first kappa shape index (κ1) is 50.3. The van der Waals surface area contributed by atoms with Crippen molar-refractivity contribution in [1.29, 1.82) is 0 Å². The van der Waals surface area contributed by atoms with Crippen LogP contribution >= 0.6 is 31.9 Å². The molecular weight excluding hydrogens is 1010 g/mol. The van der Waals surface area contributed by atoms with Gasteiger partial charge in [0.15, 0.2) is 11.9 Å². The van der Waals surface area contributed by atoms with Gasteiger partial charge in [-0.15, -0.1) is 10.2 Å². The van der Waals surface area contributed by atoms with Crippen LogP contribution in [0.1, 0.15) is 33.9 Å². The van der Waals surface area contributed by atoms with Crippen LogP contribution in [0.3, 0.4) is 0 Å². The van der Waals surface area contributed by atoms with Gasteiger partial charge in [-0.05, 0) is 116 Å². The number of ketones is 1.